The molecule has 0 aliphatic carbocycles. The van der Waals surface area contributed by atoms with E-state index in [0.717, 1.165) is 4.90 Å². The molecule has 1 heterocycles. The van der Waals surface area contributed by atoms with Crippen molar-refractivity contribution in [3.63, 3.8) is 0 Å². The first-order valence-corrected chi connectivity index (χ1v) is 5.13. The Labute approximate surface area is 93.9 Å². The summed E-state index contributed by atoms with van der Waals surface area (Å²) < 4.78 is 5.08. The number of likely N-dealkylation sites (N-methyl/N-ethyl adjacent to an activating group) is 1. The molecule has 1 atom stereocenters. The second kappa shape index (κ2) is 5.07. The molecule has 16 heavy (non-hydrogen) atoms. The highest BCUT2D eigenvalue weighted by atomic mass is 16.5. The highest BCUT2D eigenvalue weighted by Crippen LogP contribution is 2.10. The van der Waals surface area contributed by atoms with E-state index in [2.05, 4.69) is 5.32 Å². The van der Waals surface area contributed by atoms with Gasteiger partial charge in [0.25, 0.3) is 5.91 Å². The van der Waals surface area contributed by atoms with Crippen molar-refractivity contribution >= 4 is 17.7 Å². The number of rotatable bonds is 4. The predicted molar refractivity (Wildman–Crippen MR) is 55.4 cm³/mol. The van der Waals surface area contributed by atoms with Gasteiger partial charge in [0.2, 0.25) is 11.8 Å². The number of amides is 3. The number of nitrogens with one attached hydrogen (secondary N) is 1. The molecule has 1 N–H and O–H groups in total. The SMILES string of the molecule is CC(C)OCC(=O)NC1CC(=O)N(C)C1=O. The Morgan fingerprint density at radius 2 is 2.19 bits per heavy atom. The molecular weight excluding hydrogens is 212 g/mol. The number of hydrogen-bond donors (Lipinski definition) is 1. The summed E-state index contributed by atoms with van der Waals surface area (Å²) in [6, 6.07) is -0.735. The van der Waals surface area contributed by atoms with E-state index in [1.54, 1.807) is 0 Å². The second-order valence-electron chi connectivity index (χ2n) is 3.97. The molecule has 1 unspecified atom stereocenters. The monoisotopic (exact) mass is 228 g/mol. The maximum atomic E-state index is 11.4. The largest absolute Gasteiger partial charge is 0.369 e. The van der Waals surface area contributed by atoms with Gasteiger partial charge in [-0.3, -0.25) is 19.3 Å². The molecule has 6 nitrogen and oxygen atoms in total. The van der Waals surface area contributed by atoms with Crippen LogP contribution in [-0.2, 0) is 19.1 Å². The van der Waals surface area contributed by atoms with Gasteiger partial charge >= 0.3 is 0 Å². The van der Waals surface area contributed by atoms with Gasteiger partial charge in [0.15, 0.2) is 0 Å². The Morgan fingerprint density at radius 1 is 1.56 bits per heavy atom. The van der Waals surface area contributed by atoms with Crippen LogP contribution < -0.4 is 5.32 Å². The lowest BCUT2D eigenvalue weighted by Crippen LogP contribution is -2.42. The van der Waals surface area contributed by atoms with Crippen LogP contribution in [0.2, 0.25) is 0 Å². The van der Waals surface area contributed by atoms with Crippen molar-refractivity contribution in [2.75, 3.05) is 13.7 Å². The minimum Gasteiger partial charge on any atom is -0.369 e. The van der Waals surface area contributed by atoms with Crippen LogP contribution in [0.25, 0.3) is 0 Å². The normalized spacial score (nSPS) is 20.8. The van der Waals surface area contributed by atoms with Crippen LogP contribution in [0.3, 0.4) is 0 Å². The average molecular weight is 228 g/mol. The Bertz CT molecular complexity index is 314. The molecule has 0 aromatic rings. The molecule has 1 fully saturated rings. The van der Waals surface area contributed by atoms with Gasteiger partial charge in [-0.15, -0.1) is 0 Å². The van der Waals surface area contributed by atoms with Crippen LogP contribution in [0.4, 0.5) is 0 Å². The van der Waals surface area contributed by atoms with Crippen molar-refractivity contribution < 1.29 is 19.1 Å². The molecule has 3 amide bonds. The fraction of sp³-hybridized carbons (Fsp3) is 0.700. The summed E-state index contributed by atoms with van der Waals surface area (Å²) in [5, 5.41) is 2.47. The van der Waals surface area contributed by atoms with E-state index >= 15 is 0 Å². The van der Waals surface area contributed by atoms with Gasteiger partial charge in [-0.2, -0.15) is 0 Å². The smallest absolute Gasteiger partial charge is 0.252 e. The van der Waals surface area contributed by atoms with Crippen LogP contribution in [0, 0.1) is 0 Å². The van der Waals surface area contributed by atoms with Crippen molar-refractivity contribution in [2.24, 2.45) is 0 Å². The van der Waals surface area contributed by atoms with E-state index in [-0.39, 0.29) is 36.9 Å². The molecule has 6 heteroatoms. The minimum atomic E-state index is -0.735. The maximum absolute atomic E-state index is 11.4. The van der Waals surface area contributed by atoms with Crippen molar-refractivity contribution in [2.45, 2.75) is 32.4 Å². The molecule has 1 aliphatic rings. The summed E-state index contributed by atoms with van der Waals surface area (Å²) in [6.07, 6.45) is -0.0164. The zero-order valence-corrected chi connectivity index (χ0v) is 9.65. The highest BCUT2D eigenvalue weighted by molar-refractivity contribution is 6.06. The molecule has 0 radical (unpaired) electrons. The summed E-state index contributed by atoms with van der Waals surface area (Å²) in [5.74, 6) is -1.03. The van der Waals surface area contributed by atoms with Gasteiger partial charge in [-0.1, -0.05) is 0 Å². The van der Waals surface area contributed by atoms with Crippen LogP contribution in [0.1, 0.15) is 20.3 Å². The maximum Gasteiger partial charge on any atom is 0.252 e. The number of carbonyl (C=O) groups is 3. The second-order valence-corrected chi connectivity index (χ2v) is 3.97. The van der Waals surface area contributed by atoms with E-state index in [9.17, 15) is 14.4 Å². The molecule has 0 saturated carbocycles. The third kappa shape index (κ3) is 3.03. The predicted octanol–water partition coefficient (Wildman–Crippen LogP) is -0.715. The van der Waals surface area contributed by atoms with Crippen LogP contribution in [-0.4, -0.2) is 48.4 Å². The third-order valence-electron chi connectivity index (χ3n) is 2.26. The number of carbonyl (C=O) groups excluding carboxylic acids is 3. The lowest BCUT2D eigenvalue weighted by Gasteiger charge is -2.12. The average Bonchev–Trinajstić information content (AvgIpc) is 2.43. The first-order chi connectivity index (χ1) is 7.41. The molecule has 0 spiro atoms. The van der Waals surface area contributed by atoms with E-state index in [1.165, 1.54) is 7.05 Å². The van der Waals surface area contributed by atoms with Gasteiger partial charge in [-0.25, -0.2) is 0 Å². The molecule has 1 saturated heterocycles. The van der Waals surface area contributed by atoms with E-state index in [1.807, 2.05) is 13.8 Å². The Morgan fingerprint density at radius 3 is 2.62 bits per heavy atom. The van der Waals surface area contributed by atoms with E-state index < -0.39 is 6.04 Å². The van der Waals surface area contributed by atoms with Gasteiger partial charge in [0.05, 0.1) is 12.5 Å². The number of nitrogens with zero attached hydrogens (tertiary/aromatic N) is 1. The zero-order chi connectivity index (χ0) is 12.3. The standard InChI is InChI=1S/C10H16N2O4/c1-6(2)16-5-8(13)11-7-4-9(14)12(3)10(7)15/h6-7H,4-5H2,1-3H3,(H,11,13). The zero-order valence-electron chi connectivity index (χ0n) is 9.65. The van der Waals surface area contributed by atoms with Crippen LogP contribution in [0.15, 0.2) is 0 Å². The fourth-order valence-electron chi connectivity index (χ4n) is 1.35. The first-order valence-electron chi connectivity index (χ1n) is 5.13. The number of imide groups is 1. The summed E-state index contributed by atoms with van der Waals surface area (Å²) in [5.41, 5.74) is 0. The van der Waals surface area contributed by atoms with Gasteiger partial charge in [-0.05, 0) is 13.8 Å². The third-order valence-corrected chi connectivity index (χ3v) is 2.26. The molecule has 0 bridgehead atoms. The quantitative estimate of drug-likeness (QED) is 0.645. The molecule has 0 aromatic carbocycles. The van der Waals surface area contributed by atoms with Gasteiger partial charge in [0, 0.05) is 7.05 Å². The summed E-state index contributed by atoms with van der Waals surface area (Å²) in [6.45, 7) is 3.52. The number of ether oxygens (including phenoxy) is 1. The van der Waals surface area contributed by atoms with Crippen LogP contribution in [0.5, 0.6) is 0 Å². The number of likely N-dealkylation sites (tertiary alicyclic amines) is 1. The van der Waals surface area contributed by atoms with Crippen LogP contribution >= 0.6 is 0 Å². The van der Waals surface area contributed by atoms with Crippen molar-refractivity contribution in [3.05, 3.63) is 0 Å². The molecule has 0 aromatic heterocycles. The van der Waals surface area contributed by atoms with E-state index in [0.29, 0.717) is 0 Å². The first kappa shape index (κ1) is 12.6. The lowest BCUT2D eigenvalue weighted by molar-refractivity contribution is -0.138. The van der Waals surface area contributed by atoms with Gasteiger partial charge < -0.3 is 10.1 Å². The Hall–Kier alpha value is -1.43. The summed E-state index contributed by atoms with van der Waals surface area (Å²) in [4.78, 5) is 35.0. The van der Waals surface area contributed by atoms with Gasteiger partial charge in [0.1, 0.15) is 12.6 Å². The summed E-state index contributed by atoms with van der Waals surface area (Å²) >= 11 is 0. The van der Waals surface area contributed by atoms with Crippen molar-refractivity contribution in [1.29, 1.82) is 0 Å². The minimum absolute atomic E-state index is 0.0305. The van der Waals surface area contributed by atoms with Crippen molar-refractivity contribution in [1.82, 2.24) is 10.2 Å². The molecule has 90 valence electrons. The Kier molecular flexibility index (Phi) is 4.00. The molecule has 1 aliphatic heterocycles. The topological polar surface area (TPSA) is 75.7 Å². The van der Waals surface area contributed by atoms with Crippen molar-refractivity contribution in [3.8, 4) is 0 Å². The Balaban J connectivity index is 2.41. The number of hydrogen-bond acceptors (Lipinski definition) is 4. The molecule has 1 rings (SSSR count). The fourth-order valence-corrected chi connectivity index (χ4v) is 1.35. The van der Waals surface area contributed by atoms with E-state index in [4.69, 9.17) is 4.74 Å². The lowest BCUT2D eigenvalue weighted by atomic mass is 10.2. The summed E-state index contributed by atoms with van der Waals surface area (Å²) in [7, 11) is 1.40. The highest BCUT2D eigenvalue weighted by Gasteiger charge is 2.36. The molecular formula is C10H16N2O4.